The third-order valence-corrected chi connectivity index (χ3v) is 1.81. The first-order valence-corrected chi connectivity index (χ1v) is 5.50. The number of ether oxygens (including phenoxy) is 1. The van der Waals surface area contributed by atoms with Crippen molar-refractivity contribution >= 4 is 11.7 Å². The number of rotatable bonds is 2. The van der Waals surface area contributed by atoms with Crippen LogP contribution in [0, 0.1) is 0 Å². The average molecular weight is 276 g/mol. The zero-order valence-corrected chi connectivity index (χ0v) is 10.8. The summed E-state index contributed by atoms with van der Waals surface area (Å²) in [5, 5.41) is 5.05. The number of nitrogens with one attached hydrogen (secondary N) is 2. The second-order valence-corrected chi connectivity index (χ2v) is 4.90. The van der Waals surface area contributed by atoms with Crippen LogP contribution in [0.25, 0.3) is 0 Å². The molecular formula is C12H15F3N2O2. The third-order valence-electron chi connectivity index (χ3n) is 1.81. The van der Waals surface area contributed by atoms with Gasteiger partial charge in [-0.15, -0.1) is 13.2 Å². The first-order valence-electron chi connectivity index (χ1n) is 5.50. The molecule has 0 saturated carbocycles. The lowest BCUT2D eigenvalue weighted by Gasteiger charge is -2.20. The van der Waals surface area contributed by atoms with Gasteiger partial charge in [0.1, 0.15) is 5.75 Å². The Hall–Kier alpha value is -1.92. The Balaban J connectivity index is 2.70. The zero-order chi connectivity index (χ0) is 14.7. The van der Waals surface area contributed by atoms with E-state index < -0.39 is 17.9 Å². The van der Waals surface area contributed by atoms with E-state index in [9.17, 15) is 18.0 Å². The topological polar surface area (TPSA) is 50.4 Å². The first-order chi connectivity index (χ1) is 8.55. The van der Waals surface area contributed by atoms with Crippen molar-refractivity contribution in [2.75, 3.05) is 5.32 Å². The first kappa shape index (κ1) is 15.1. The van der Waals surface area contributed by atoms with Crippen molar-refractivity contribution < 1.29 is 22.7 Å². The van der Waals surface area contributed by atoms with E-state index in [0.29, 0.717) is 0 Å². The highest BCUT2D eigenvalue weighted by molar-refractivity contribution is 5.89. The van der Waals surface area contributed by atoms with Gasteiger partial charge in [0.2, 0.25) is 0 Å². The molecule has 0 saturated heterocycles. The van der Waals surface area contributed by atoms with Crippen molar-refractivity contribution in [1.29, 1.82) is 0 Å². The standard InChI is InChI=1S/C12H15F3N2O2/c1-11(2,3)17-10(18)16-8-5-4-6-9(7-8)19-12(13,14)15/h4-7H,1-3H3,(H2,16,17,18). The van der Waals surface area contributed by atoms with Crippen molar-refractivity contribution in [3.8, 4) is 5.75 Å². The molecule has 0 fully saturated rings. The molecule has 0 unspecified atom stereocenters. The molecule has 4 nitrogen and oxygen atoms in total. The Labute approximate surface area is 108 Å². The monoisotopic (exact) mass is 276 g/mol. The average Bonchev–Trinajstić information content (AvgIpc) is 2.11. The molecule has 1 rings (SSSR count). The summed E-state index contributed by atoms with van der Waals surface area (Å²) in [6.45, 7) is 5.36. The van der Waals surface area contributed by atoms with E-state index in [1.807, 2.05) is 0 Å². The lowest BCUT2D eigenvalue weighted by atomic mass is 10.1. The van der Waals surface area contributed by atoms with Crippen LogP contribution in [0.4, 0.5) is 23.7 Å². The summed E-state index contributed by atoms with van der Waals surface area (Å²) >= 11 is 0. The maximum absolute atomic E-state index is 12.0. The molecule has 2 amide bonds. The van der Waals surface area contributed by atoms with E-state index in [2.05, 4.69) is 15.4 Å². The molecule has 1 aromatic rings. The molecule has 0 aliphatic heterocycles. The van der Waals surface area contributed by atoms with Gasteiger partial charge in [-0.2, -0.15) is 0 Å². The summed E-state index contributed by atoms with van der Waals surface area (Å²) in [6, 6.07) is 4.56. The number of benzene rings is 1. The SMILES string of the molecule is CC(C)(C)NC(=O)Nc1cccc(OC(F)(F)F)c1. The number of hydrogen-bond acceptors (Lipinski definition) is 2. The summed E-state index contributed by atoms with van der Waals surface area (Å²) in [5.74, 6) is -0.388. The Morgan fingerprint density at radius 2 is 1.84 bits per heavy atom. The minimum absolute atomic E-state index is 0.212. The normalized spacial score (nSPS) is 11.9. The predicted molar refractivity (Wildman–Crippen MR) is 65.0 cm³/mol. The van der Waals surface area contributed by atoms with Crippen molar-refractivity contribution in [2.24, 2.45) is 0 Å². The molecule has 0 aliphatic rings. The van der Waals surface area contributed by atoms with E-state index in [-0.39, 0.29) is 11.4 Å². The highest BCUT2D eigenvalue weighted by Crippen LogP contribution is 2.24. The van der Waals surface area contributed by atoms with Crippen LogP contribution in [0.1, 0.15) is 20.8 Å². The molecule has 106 valence electrons. The number of carbonyl (C=O) groups is 1. The van der Waals surface area contributed by atoms with Crippen LogP contribution in [0.3, 0.4) is 0 Å². The Morgan fingerprint density at radius 3 is 2.37 bits per heavy atom. The van der Waals surface area contributed by atoms with Gasteiger partial charge in [-0.3, -0.25) is 0 Å². The fourth-order valence-electron chi connectivity index (χ4n) is 1.27. The van der Waals surface area contributed by atoms with Crippen LogP contribution in [0.15, 0.2) is 24.3 Å². The number of hydrogen-bond donors (Lipinski definition) is 2. The molecule has 0 aliphatic carbocycles. The maximum Gasteiger partial charge on any atom is 0.573 e. The van der Waals surface area contributed by atoms with Crippen LogP contribution in [-0.4, -0.2) is 17.9 Å². The van der Waals surface area contributed by atoms with Crippen LogP contribution in [-0.2, 0) is 0 Å². The van der Waals surface area contributed by atoms with Gasteiger partial charge in [0.25, 0.3) is 0 Å². The quantitative estimate of drug-likeness (QED) is 0.868. The summed E-state index contributed by atoms with van der Waals surface area (Å²) in [6.07, 6.45) is -4.76. The minimum atomic E-state index is -4.76. The van der Waals surface area contributed by atoms with Crippen molar-refractivity contribution in [3.05, 3.63) is 24.3 Å². The number of carbonyl (C=O) groups excluding carboxylic acids is 1. The molecule has 19 heavy (non-hydrogen) atoms. The van der Waals surface area contributed by atoms with E-state index in [1.165, 1.54) is 12.1 Å². The van der Waals surface area contributed by atoms with E-state index >= 15 is 0 Å². The van der Waals surface area contributed by atoms with Crippen LogP contribution in [0.2, 0.25) is 0 Å². The van der Waals surface area contributed by atoms with Crippen LogP contribution < -0.4 is 15.4 Å². The van der Waals surface area contributed by atoms with E-state index in [0.717, 1.165) is 12.1 Å². The van der Waals surface area contributed by atoms with Gasteiger partial charge in [0, 0.05) is 17.3 Å². The Kier molecular flexibility index (Phi) is 4.28. The molecule has 0 bridgehead atoms. The molecular weight excluding hydrogens is 261 g/mol. The Morgan fingerprint density at radius 1 is 1.21 bits per heavy atom. The van der Waals surface area contributed by atoms with Crippen molar-refractivity contribution in [1.82, 2.24) is 5.32 Å². The molecule has 2 N–H and O–H groups in total. The molecule has 0 radical (unpaired) electrons. The van der Waals surface area contributed by atoms with Crippen molar-refractivity contribution in [2.45, 2.75) is 32.7 Å². The van der Waals surface area contributed by atoms with Gasteiger partial charge in [-0.05, 0) is 32.9 Å². The summed E-state index contributed by atoms with van der Waals surface area (Å²) in [7, 11) is 0. The second-order valence-electron chi connectivity index (χ2n) is 4.90. The molecule has 0 heterocycles. The fraction of sp³-hybridized carbons (Fsp3) is 0.417. The highest BCUT2D eigenvalue weighted by atomic mass is 19.4. The van der Waals surface area contributed by atoms with E-state index in [4.69, 9.17) is 0 Å². The fourth-order valence-corrected chi connectivity index (χ4v) is 1.27. The summed E-state index contributed by atoms with van der Waals surface area (Å²) in [5.41, 5.74) is -0.229. The number of urea groups is 1. The maximum atomic E-state index is 12.0. The second kappa shape index (κ2) is 5.38. The van der Waals surface area contributed by atoms with Crippen LogP contribution >= 0.6 is 0 Å². The van der Waals surface area contributed by atoms with Gasteiger partial charge in [-0.25, -0.2) is 4.79 Å². The van der Waals surface area contributed by atoms with Crippen molar-refractivity contribution in [3.63, 3.8) is 0 Å². The number of alkyl halides is 3. The molecule has 0 aromatic heterocycles. The Bertz CT molecular complexity index is 453. The summed E-state index contributed by atoms with van der Waals surface area (Å²) in [4.78, 5) is 11.5. The highest BCUT2D eigenvalue weighted by Gasteiger charge is 2.31. The van der Waals surface area contributed by atoms with Gasteiger partial charge >= 0.3 is 12.4 Å². The number of amides is 2. The molecule has 0 atom stereocenters. The van der Waals surface area contributed by atoms with Gasteiger partial charge in [0.05, 0.1) is 0 Å². The van der Waals surface area contributed by atoms with Gasteiger partial charge in [-0.1, -0.05) is 6.07 Å². The zero-order valence-electron chi connectivity index (χ0n) is 10.8. The van der Waals surface area contributed by atoms with Crippen LogP contribution in [0.5, 0.6) is 5.75 Å². The molecule has 7 heteroatoms. The van der Waals surface area contributed by atoms with Gasteiger partial charge in [0.15, 0.2) is 0 Å². The number of anilines is 1. The third kappa shape index (κ3) is 6.54. The van der Waals surface area contributed by atoms with E-state index in [1.54, 1.807) is 20.8 Å². The molecule has 1 aromatic carbocycles. The summed E-state index contributed by atoms with van der Waals surface area (Å²) < 4.78 is 39.9. The smallest absolute Gasteiger partial charge is 0.406 e. The largest absolute Gasteiger partial charge is 0.573 e. The predicted octanol–water partition coefficient (Wildman–Crippen LogP) is 3.51. The lowest BCUT2D eigenvalue weighted by molar-refractivity contribution is -0.274. The molecule has 0 spiro atoms. The van der Waals surface area contributed by atoms with Gasteiger partial charge < -0.3 is 15.4 Å². The minimum Gasteiger partial charge on any atom is -0.406 e. The lowest BCUT2D eigenvalue weighted by Crippen LogP contribution is -2.43. The number of halogens is 3.